The van der Waals surface area contributed by atoms with Crippen LogP contribution in [0.4, 0.5) is 13.2 Å². The number of alkyl halides is 3. The first-order valence-electron chi connectivity index (χ1n) is 8.91. The van der Waals surface area contributed by atoms with Gasteiger partial charge in [0, 0.05) is 28.8 Å². The molecule has 156 valence electrons. The number of thiazole rings is 1. The van der Waals surface area contributed by atoms with Crippen molar-refractivity contribution in [2.45, 2.75) is 6.18 Å². The van der Waals surface area contributed by atoms with Crippen molar-refractivity contribution in [1.82, 2.24) is 9.97 Å². The fourth-order valence-electron chi connectivity index (χ4n) is 2.82. The average molecular weight is 442 g/mol. The summed E-state index contributed by atoms with van der Waals surface area (Å²) in [6, 6.07) is 15.5. The number of rotatable bonds is 5. The number of benzene rings is 2. The van der Waals surface area contributed by atoms with E-state index in [1.807, 2.05) is 0 Å². The number of carboxylic acid groups (broad SMARTS) is 1. The highest BCUT2D eigenvalue weighted by Gasteiger charge is 2.30. The molecule has 0 aliphatic heterocycles. The van der Waals surface area contributed by atoms with Crippen molar-refractivity contribution in [1.29, 1.82) is 0 Å². The Labute approximate surface area is 178 Å². The molecule has 4 aromatic rings. The first-order valence-corrected chi connectivity index (χ1v) is 9.79. The number of carboxylic acids is 1. The highest BCUT2D eigenvalue weighted by atomic mass is 32.1. The molecule has 0 spiro atoms. The molecule has 2 heterocycles. The minimum atomic E-state index is -4.45. The van der Waals surface area contributed by atoms with E-state index in [2.05, 4.69) is 9.97 Å². The average Bonchev–Trinajstić information content (AvgIpc) is 3.24. The molecule has 0 unspecified atom stereocenters. The van der Waals surface area contributed by atoms with Gasteiger partial charge in [-0.05, 0) is 36.4 Å². The largest absolute Gasteiger partial charge is 0.478 e. The van der Waals surface area contributed by atoms with Crippen LogP contribution in [0.2, 0.25) is 0 Å². The number of halogens is 3. The van der Waals surface area contributed by atoms with E-state index < -0.39 is 17.7 Å². The number of hydrogen-bond donors (Lipinski definition) is 1. The van der Waals surface area contributed by atoms with E-state index in [0.717, 1.165) is 23.9 Å². The van der Waals surface area contributed by atoms with Gasteiger partial charge in [-0.2, -0.15) is 13.2 Å². The minimum absolute atomic E-state index is 0.0440. The zero-order chi connectivity index (χ0) is 22.0. The topological polar surface area (TPSA) is 72.3 Å². The summed E-state index contributed by atoms with van der Waals surface area (Å²) in [6.07, 6.45) is -3.74. The summed E-state index contributed by atoms with van der Waals surface area (Å²) in [5.41, 5.74) is 1.21. The van der Waals surface area contributed by atoms with Gasteiger partial charge in [0.05, 0.1) is 16.8 Å². The molecule has 0 bridgehead atoms. The summed E-state index contributed by atoms with van der Waals surface area (Å²) in [5, 5.41) is 11.8. The third-order valence-electron chi connectivity index (χ3n) is 4.32. The molecule has 2 aromatic heterocycles. The Balaban J connectivity index is 1.51. The second kappa shape index (κ2) is 8.19. The molecule has 0 radical (unpaired) electrons. The van der Waals surface area contributed by atoms with Gasteiger partial charge in [0.15, 0.2) is 0 Å². The van der Waals surface area contributed by atoms with Gasteiger partial charge >= 0.3 is 12.1 Å². The fourth-order valence-corrected chi connectivity index (χ4v) is 3.64. The predicted molar refractivity (Wildman–Crippen MR) is 109 cm³/mol. The van der Waals surface area contributed by atoms with E-state index >= 15 is 0 Å². The number of nitrogens with zero attached hydrogens (tertiary/aromatic N) is 2. The molecule has 5 nitrogen and oxygen atoms in total. The Morgan fingerprint density at radius 3 is 2.39 bits per heavy atom. The fraction of sp³-hybridized carbons (Fsp3) is 0.0455. The number of carbonyl (C=O) groups is 1. The summed E-state index contributed by atoms with van der Waals surface area (Å²) in [7, 11) is 0. The first kappa shape index (κ1) is 20.5. The standard InChI is InChI=1S/C22H13F3N2O3S/c23-22(24,25)14-7-10-19(26-11-14)30-15-8-5-13(6-9-15)20-27-18(12-31-20)16-3-1-2-4-17(16)21(28)29/h1-12H,(H,28,29). The van der Waals surface area contributed by atoms with E-state index in [-0.39, 0.29) is 11.4 Å². The van der Waals surface area contributed by atoms with Crippen molar-refractivity contribution in [2.24, 2.45) is 0 Å². The highest BCUT2D eigenvalue weighted by molar-refractivity contribution is 7.13. The van der Waals surface area contributed by atoms with Gasteiger partial charge < -0.3 is 9.84 Å². The molecule has 0 aliphatic carbocycles. The Morgan fingerprint density at radius 1 is 1.00 bits per heavy atom. The van der Waals surface area contributed by atoms with Crippen LogP contribution in [0.5, 0.6) is 11.6 Å². The quantitative estimate of drug-likeness (QED) is 0.388. The van der Waals surface area contributed by atoms with E-state index in [1.54, 1.807) is 47.8 Å². The van der Waals surface area contributed by atoms with E-state index in [1.165, 1.54) is 17.4 Å². The second-order valence-electron chi connectivity index (χ2n) is 6.40. The first-order chi connectivity index (χ1) is 14.8. The maximum absolute atomic E-state index is 12.6. The number of pyridine rings is 1. The zero-order valence-corrected chi connectivity index (χ0v) is 16.4. The van der Waals surface area contributed by atoms with Crippen LogP contribution in [-0.4, -0.2) is 21.0 Å². The number of ether oxygens (including phenoxy) is 1. The van der Waals surface area contributed by atoms with Crippen molar-refractivity contribution in [3.05, 3.63) is 83.4 Å². The molecular weight excluding hydrogens is 429 g/mol. The lowest BCUT2D eigenvalue weighted by Gasteiger charge is -2.08. The second-order valence-corrected chi connectivity index (χ2v) is 7.26. The number of aromatic carboxylic acids is 1. The van der Waals surface area contributed by atoms with Gasteiger partial charge in [-0.1, -0.05) is 18.2 Å². The van der Waals surface area contributed by atoms with Crippen molar-refractivity contribution in [3.63, 3.8) is 0 Å². The van der Waals surface area contributed by atoms with Gasteiger partial charge in [0.2, 0.25) is 5.88 Å². The van der Waals surface area contributed by atoms with Gasteiger partial charge in [-0.3, -0.25) is 0 Å². The van der Waals surface area contributed by atoms with Crippen LogP contribution in [0, 0.1) is 0 Å². The van der Waals surface area contributed by atoms with Crippen LogP contribution in [0.15, 0.2) is 72.2 Å². The highest BCUT2D eigenvalue weighted by Crippen LogP contribution is 2.33. The third kappa shape index (κ3) is 4.56. The molecule has 4 rings (SSSR count). The molecular formula is C22H13F3N2O3S. The Kier molecular flexibility index (Phi) is 5.43. The monoisotopic (exact) mass is 442 g/mol. The molecule has 2 aromatic carbocycles. The Hall–Kier alpha value is -3.72. The van der Waals surface area contributed by atoms with Crippen LogP contribution >= 0.6 is 11.3 Å². The van der Waals surface area contributed by atoms with E-state index in [9.17, 15) is 23.1 Å². The molecule has 0 saturated carbocycles. The summed E-state index contributed by atoms with van der Waals surface area (Å²) in [6.45, 7) is 0. The summed E-state index contributed by atoms with van der Waals surface area (Å²) in [5.74, 6) is -0.574. The lowest BCUT2D eigenvalue weighted by Crippen LogP contribution is -2.05. The lowest BCUT2D eigenvalue weighted by molar-refractivity contribution is -0.137. The van der Waals surface area contributed by atoms with Crippen molar-refractivity contribution in [2.75, 3.05) is 0 Å². The normalized spacial score (nSPS) is 11.3. The van der Waals surface area contributed by atoms with Crippen LogP contribution in [0.25, 0.3) is 21.8 Å². The van der Waals surface area contributed by atoms with Gasteiger partial charge in [0.1, 0.15) is 10.8 Å². The predicted octanol–water partition coefficient (Wildman–Crippen LogP) is 6.38. The van der Waals surface area contributed by atoms with Crippen molar-refractivity contribution < 1.29 is 27.8 Å². The van der Waals surface area contributed by atoms with E-state index in [0.29, 0.717) is 22.0 Å². The lowest BCUT2D eigenvalue weighted by atomic mass is 10.1. The smallest absolute Gasteiger partial charge is 0.417 e. The minimum Gasteiger partial charge on any atom is -0.478 e. The molecule has 0 fully saturated rings. The molecule has 31 heavy (non-hydrogen) atoms. The molecule has 0 saturated heterocycles. The van der Waals surface area contributed by atoms with Crippen LogP contribution < -0.4 is 4.74 Å². The third-order valence-corrected chi connectivity index (χ3v) is 5.22. The Morgan fingerprint density at radius 2 is 1.74 bits per heavy atom. The SMILES string of the molecule is O=C(O)c1ccccc1-c1csc(-c2ccc(Oc3ccc(C(F)(F)F)cn3)cc2)n1. The molecule has 0 amide bonds. The summed E-state index contributed by atoms with van der Waals surface area (Å²) < 4.78 is 43.3. The summed E-state index contributed by atoms with van der Waals surface area (Å²) >= 11 is 1.37. The number of hydrogen-bond acceptors (Lipinski definition) is 5. The van der Waals surface area contributed by atoms with Crippen molar-refractivity contribution >= 4 is 17.3 Å². The summed E-state index contributed by atoms with van der Waals surface area (Å²) in [4.78, 5) is 19.6. The van der Waals surface area contributed by atoms with Crippen molar-refractivity contribution in [3.8, 4) is 33.5 Å². The molecule has 0 aliphatic rings. The van der Waals surface area contributed by atoms with Crippen LogP contribution in [-0.2, 0) is 6.18 Å². The van der Waals surface area contributed by atoms with Crippen LogP contribution in [0.3, 0.4) is 0 Å². The maximum atomic E-state index is 12.6. The number of aromatic nitrogens is 2. The molecule has 1 N–H and O–H groups in total. The Bertz CT molecular complexity index is 1220. The molecule has 0 atom stereocenters. The maximum Gasteiger partial charge on any atom is 0.417 e. The van der Waals surface area contributed by atoms with Gasteiger partial charge in [-0.25, -0.2) is 14.8 Å². The zero-order valence-electron chi connectivity index (χ0n) is 15.6. The molecule has 9 heteroatoms. The van der Waals surface area contributed by atoms with Gasteiger partial charge in [0.25, 0.3) is 0 Å². The van der Waals surface area contributed by atoms with Crippen LogP contribution in [0.1, 0.15) is 15.9 Å². The van der Waals surface area contributed by atoms with Gasteiger partial charge in [-0.15, -0.1) is 11.3 Å². The van der Waals surface area contributed by atoms with E-state index in [4.69, 9.17) is 4.74 Å².